The van der Waals surface area contributed by atoms with Gasteiger partial charge in [-0.25, -0.2) is 0 Å². The Bertz CT molecular complexity index is 182. The molecule has 0 aromatic rings. The van der Waals surface area contributed by atoms with Crippen molar-refractivity contribution < 1.29 is 18.0 Å². The number of alkyl halides is 3. The molecule has 0 radical (unpaired) electrons. The van der Waals surface area contributed by atoms with Gasteiger partial charge in [-0.05, 0) is 13.0 Å². The van der Waals surface area contributed by atoms with Crippen LogP contribution in [0.15, 0.2) is 0 Å². The predicted molar refractivity (Wildman–Crippen MR) is 46.8 cm³/mol. The van der Waals surface area contributed by atoms with Gasteiger partial charge in [0.05, 0.1) is 0 Å². The first-order valence-corrected chi connectivity index (χ1v) is 4.42. The van der Waals surface area contributed by atoms with E-state index in [4.69, 9.17) is 0 Å². The maximum absolute atomic E-state index is 12.3. The van der Waals surface area contributed by atoms with Crippen molar-refractivity contribution in [3.05, 3.63) is 0 Å². The van der Waals surface area contributed by atoms with Gasteiger partial charge in [0.2, 0.25) is 5.91 Å². The molecule has 84 valence electrons. The average Bonchev–Trinajstić information content (AvgIpc) is 2.01. The molecule has 3 nitrogen and oxygen atoms in total. The van der Waals surface area contributed by atoms with Crippen molar-refractivity contribution in [3.63, 3.8) is 0 Å². The quantitative estimate of drug-likeness (QED) is 0.715. The van der Waals surface area contributed by atoms with Crippen LogP contribution in [-0.4, -0.2) is 31.2 Å². The Morgan fingerprint density at radius 2 is 2.00 bits per heavy atom. The van der Waals surface area contributed by atoms with Gasteiger partial charge in [0.25, 0.3) is 0 Å². The molecule has 6 heteroatoms. The van der Waals surface area contributed by atoms with Crippen LogP contribution in [0.25, 0.3) is 0 Å². The normalized spacial score (nSPS) is 13.8. The van der Waals surface area contributed by atoms with Gasteiger partial charge in [-0.1, -0.05) is 6.92 Å². The first-order valence-electron chi connectivity index (χ1n) is 4.42. The van der Waals surface area contributed by atoms with Crippen LogP contribution in [0.2, 0.25) is 0 Å². The molecule has 0 bridgehead atoms. The van der Waals surface area contributed by atoms with E-state index in [0.717, 1.165) is 0 Å². The molecule has 0 heterocycles. The molecule has 1 atom stereocenters. The number of halogens is 3. The SMILES string of the molecule is CCCNC(CNC(C)=O)C(F)(F)F. The Morgan fingerprint density at radius 1 is 1.43 bits per heavy atom. The summed E-state index contributed by atoms with van der Waals surface area (Å²) in [6.07, 6.45) is -3.70. The van der Waals surface area contributed by atoms with Gasteiger partial charge in [-0.2, -0.15) is 13.2 Å². The zero-order valence-electron chi connectivity index (χ0n) is 8.24. The van der Waals surface area contributed by atoms with Crippen molar-refractivity contribution >= 4 is 5.91 Å². The van der Waals surface area contributed by atoms with Crippen LogP contribution in [0.3, 0.4) is 0 Å². The lowest BCUT2D eigenvalue weighted by Gasteiger charge is -2.21. The molecule has 0 fully saturated rings. The maximum atomic E-state index is 12.3. The van der Waals surface area contributed by atoms with E-state index in [9.17, 15) is 18.0 Å². The third-order valence-electron chi connectivity index (χ3n) is 1.59. The number of amides is 1. The van der Waals surface area contributed by atoms with Crippen LogP contribution in [0.4, 0.5) is 13.2 Å². The van der Waals surface area contributed by atoms with Crippen LogP contribution in [-0.2, 0) is 4.79 Å². The third kappa shape index (κ3) is 5.80. The summed E-state index contributed by atoms with van der Waals surface area (Å²) in [6, 6.07) is -1.66. The second-order valence-electron chi connectivity index (χ2n) is 2.99. The summed E-state index contributed by atoms with van der Waals surface area (Å²) in [5.74, 6) is -0.461. The molecular formula is C8H15F3N2O. The fourth-order valence-electron chi connectivity index (χ4n) is 0.868. The molecule has 0 aliphatic carbocycles. The van der Waals surface area contributed by atoms with E-state index in [1.807, 2.05) is 0 Å². The lowest BCUT2D eigenvalue weighted by molar-refractivity contribution is -0.155. The van der Waals surface area contributed by atoms with E-state index < -0.39 is 24.7 Å². The van der Waals surface area contributed by atoms with E-state index in [2.05, 4.69) is 10.6 Å². The third-order valence-corrected chi connectivity index (χ3v) is 1.59. The lowest BCUT2D eigenvalue weighted by Crippen LogP contribution is -2.49. The number of hydrogen-bond donors (Lipinski definition) is 2. The van der Waals surface area contributed by atoms with Crippen LogP contribution in [0.1, 0.15) is 20.3 Å². The van der Waals surface area contributed by atoms with Gasteiger partial charge in [-0.3, -0.25) is 4.79 Å². The van der Waals surface area contributed by atoms with E-state index in [1.165, 1.54) is 6.92 Å². The van der Waals surface area contributed by atoms with Crippen molar-refractivity contribution in [2.45, 2.75) is 32.5 Å². The minimum absolute atomic E-state index is 0.282. The van der Waals surface area contributed by atoms with E-state index in [1.54, 1.807) is 6.92 Å². The highest BCUT2D eigenvalue weighted by molar-refractivity contribution is 5.72. The summed E-state index contributed by atoms with van der Waals surface area (Å²) in [5, 5.41) is 4.46. The Morgan fingerprint density at radius 3 is 2.36 bits per heavy atom. The van der Waals surface area contributed by atoms with Crippen molar-refractivity contribution in [2.75, 3.05) is 13.1 Å². The minimum atomic E-state index is -4.32. The Kier molecular flexibility index (Phi) is 5.52. The summed E-state index contributed by atoms with van der Waals surface area (Å²) in [4.78, 5) is 10.4. The number of nitrogens with one attached hydrogen (secondary N) is 2. The maximum Gasteiger partial charge on any atom is 0.405 e. The van der Waals surface area contributed by atoms with Gasteiger partial charge in [-0.15, -0.1) is 0 Å². The van der Waals surface area contributed by atoms with E-state index in [-0.39, 0.29) is 6.54 Å². The number of hydrogen-bond acceptors (Lipinski definition) is 2. The highest BCUT2D eigenvalue weighted by Crippen LogP contribution is 2.19. The first kappa shape index (κ1) is 13.2. The summed E-state index contributed by atoms with van der Waals surface area (Å²) < 4.78 is 36.8. The van der Waals surface area contributed by atoms with Crippen LogP contribution < -0.4 is 10.6 Å². The van der Waals surface area contributed by atoms with Crippen molar-refractivity contribution in [1.29, 1.82) is 0 Å². The second kappa shape index (κ2) is 5.85. The zero-order valence-corrected chi connectivity index (χ0v) is 8.24. The summed E-state index contributed by atoms with van der Waals surface area (Å²) in [6.45, 7) is 2.83. The Labute approximate surface area is 81.1 Å². The number of rotatable bonds is 5. The number of carbonyl (C=O) groups excluding carboxylic acids is 1. The van der Waals surface area contributed by atoms with Gasteiger partial charge in [0, 0.05) is 13.5 Å². The molecule has 0 saturated heterocycles. The van der Waals surface area contributed by atoms with Crippen molar-refractivity contribution in [3.8, 4) is 0 Å². The minimum Gasteiger partial charge on any atom is -0.354 e. The molecule has 0 aliphatic heterocycles. The average molecular weight is 212 g/mol. The molecule has 0 spiro atoms. The summed E-state index contributed by atoms with van der Waals surface area (Å²) in [7, 11) is 0. The van der Waals surface area contributed by atoms with Gasteiger partial charge >= 0.3 is 6.18 Å². The second-order valence-corrected chi connectivity index (χ2v) is 2.99. The Balaban J connectivity index is 4.04. The lowest BCUT2D eigenvalue weighted by atomic mass is 10.2. The van der Waals surface area contributed by atoms with E-state index >= 15 is 0 Å². The van der Waals surface area contributed by atoms with Crippen LogP contribution in [0, 0.1) is 0 Å². The molecule has 2 N–H and O–H groups in total. The molecule has 0 aromatic heterocycles. The van der Waals surface area contributed by atoms with Gasteiger partial charge in [0.1, 0.15) is 6.04 Å². The molecule has 1 unspecified atom stereocenters. The van der Waals surface area contributed by atoms with Crippen LogP contribution in [0.5, 0.6) is 0 Å². The van der Waals surface area contributed by atoms with Gasteiger partial charge in [0.15, 0.2) is 0 Å². The summed E-state index contributed by atoms with van der Waals surface area (Å²) in [5.41, 5.74) is 0. The largest absolute Gasteiger partial charge is 0.405 e. The zero-order chi connectivity index (χ0) is 11.2. The smallest absolute Gasteiger partial charge is 0.354 e. The molecular weight excluding hydrogens is 197 g/mol. The van der Waals surface area contributed by atoms with Gasteiger partial charge < -0.3 is 10.6 Å². The molecule has 0 aliphatic rings. The fraction of sp³-hybridized carbons (Fsp3) is 0.875. The number of carbonyl (C=O) groups is 1. The Hall–Kier alpha value is -0.780. The molecule has 0 aromatic carbocycles. The predicted octanol–water partition coefficient (Wildman–Crippen LogP) is 1.05. The van der Waals surface area contributed by atoms with Crippen LogP contribution >= 0.6 is 0 Å². The standard InChI is InChI=1S/C8H15F3N2O/c1-3-4-12-7(8(9,10)11)5-13-6(2)14/h7,12H,3-5H2,1-2H3,(H,13,14). The molecule has 1 amide bonds. The molecule has 0 rings (SSSR count). The van der Waals surface area contributed by atoms with Crippen molar-refractivity contribution in [2.24, 2.45) is 0 Å². The monoisotopic (exact) mass is 212 g/mol. The highest BCUT2D eigenvalue weighted by atomic mass is 19.4. The molecule has 0 saturated carbocycles. The van der Waals surface area contributed by atoms with Crippen molar-refractivity contribution in [1.82, 2.24) is 10.6 Å². The topological polar surface area (TPSA) is 41.1 Å². The highest BCUT2D eigenvalue weighted by Gasteiger charge is 2.38. The molecule has 14 heavy (non-hydrogen) atoms. The summed E-state index contributed by atoms with van der Waals surface area (Å²) >= 11 is 0. The van der Waals surface area contributed by atoms with E-state index in [0.29, 0.717) is 6.42 Å². The fourth-order valence-corrected chi connectivity index (χ4v) is 0.868. The first-order chi connectivity index (χ1) is 6.38.